The van der Waals surface area contributed by atoms with Crippen LogP contribution in [0, 0.1) is 5.41 Å². The van der Waals surface area contributed by atoms with Gasteiger partial charge in [0.1, 0.15) is 0 Å². The molecule has 0 bridgehead atoms. The lowest BCUT2D eigenvalue weighted by Gasteiger charge is -2.39. The monoisotopic (exact) mass is 320 g/mol. The number of ether oxygens (including phenoxy) is 1. The molecule has 0 N–H and O–H groups in total. The number of hydrogen-bond acceptors (Lipinski definition) is 4. The summed E-state index contributed by atoms with van der Waals surface area (Å²) in [5.41, 5.74) is 1.23. The van der Waals surface area contributed by atoms with Crippen LogP contribution in [-0.4, -0.2) is 71.9 Å². The Morgan fingerprint density at radius 2 is 2.13 bits per heavy atom. The van der Waals surface area contributed by atoms with E-state index in [1.807, 2.05) is 24.2 Å². The van der Waals surface area contributed by atoms with Gasteiger partial charge < -0.3 is 14.5 Å². The Morgan fingerprint density at radius 3 is 2.74 bits per heavy atom. The molecule has 0 aliphatic carbocycles. The molecular formula is C17H28N4O2. The lowest BCUT2D eigenvalue weighted by Crippen LogP contribution is -2.44. The normalized spacial score (nSPS) is 24.5. The molecule has 2 fully saturated rings. The van der Waals surface area contributed by atoms with Crippen LogP contribution in [0.4, 0.5) is 0 Å². The molecule has 3 heterocycles. The number of amides is 1. The van der Waals surface area contributed by atoms with Gasteiger partial charge in [0, 0.05) is 46.0 Å². The fourth-order valence-electron chi connectivity index (χ4n) is 4.17. The maximum absolute atomic E-state index is 12.5. The van der Waals surface area contributed by atoms with Crippen molar-refractivity contribution >= 4 is 5.91 Å². The van der Waals surface area contributed by atoms with Crippen molar-refractivity contribution in [1.82, 2.24) is 19.6 Å². The van der Waals surface area contributed by atoms with Crippen LogP contribution in [0.5, 0.6) is 0 Å². The molecule has 2 aliphatic heterocycles. The molecule has 2 aliphatic rings. The second kappa shape index (κ2) is 6.61. The van der Waals surface area contributed by atoms with E-state index < -0.39 is 0 Å². The van der Waals surface area contributed by atoms with Crippen LogP contribution in [0.15, 0.2) is 12.3 Å². The first-order chi connectivity index (χ1) is 11.0. The molecule has 1 amide bonds. The standard InChI is InChI=1S/C17H28N4O2/c1-19-13-17(11-15(19)12-23-3)5-8-21(9-6-17)16(22)10-14-4-7-20(2)18-14/h4,7,15H,5-6,8-13H2,1-3H3/t15-/m1/s1. The van der Waals surface area contributed by atoms with Gasteiger partial charge in [-0.1, -0.05) is 0 Å². The molecule has 1 aromatic heterocycles. The number of methoxy groups -OCH3 is 1. The van der Waals surface area contributed by atoms with Crippen molar-refractivity contribution in [3.05, 3.63) is 18.0 Å². The predicted molar refractivity (Wildman–Crippen MR) is 88.1 cm³/mol. The summed E-state index contributed by atoms with van der Waals surface area (Å²) >= 11 is 0. The number of piperidine rings is 1. The first-order valence-corrected chi connectivity index (χ1v) is 8.47. The first-order valence-electron chi connectivity index (χ1n) is 8.47. The SMILES string of the molecule is COC[C@H]1CC2(CCN(C(=O)Cc3ccn(C)n3)CC2)CN1C. The van der Waals surface area contributed by atoms with Crippen molar-refractivity contribution in [2.45, 2.75) is 31.7 Å². The second-order valence-electron chi connectivity index (χ2n) is 7.27. The fraction of sp³-hybridized carbons (Fsp3) is 0.765. The topological polar surface area (TPSA) is 50.6 Å². The number of carbonyl (C=O) groups is 1. The third kappa shape index (κ3) is 3.58. The highest BCUT2D eigenvalue weighted by Gasteiger charge is 2.44. The van der Waals surface area contributed by atoms with E-state index in [0.29, 0.717) is 17.9 Å². The number of nitrogens with zero attached hydrogens (tertiary/aromatic N) is 4. The molecule has 128 valence electrons. The van der Waals surface area contributed by atoms with E-state index in [2.05, 4.69) is 17.0 Å². The highest BCUT2D eigenvalue weighted by atomic mass is 16.5. The summed E-state index contributed by atoms with van der Waals surface area (Å²) in [6, 6.07) is 2.45. The molecule has 0 saturated carbocycles. The zero-order valence-corrected chi connectivity index (χ0v) is 14.5. The Balaban J connectivity index is 1.53. The van der Waals surface area contributed by atoms with Gasteiger partial charge in [0.05, 0.1) is 18.7 Å². The van der Waals surface area contributed by atoms with Crippen molar-refractivity contribution in [3.8, 4) is 0 Å². The van der Waals surface area contributed by atoms with Crippen molar-refractivity contribution in [3.63, 3.8) is 0 Å². The molecule has 0 radical (unpaired) electrons. The molecular weight excluding hydrogens is 292 g/mol. The molecule has 3 rings (SSSR count). The number of carbonyl (C=O) groups excluding carboxylic acids is 1. The van der Waals surface area contributed by atoms with Crippen LogP contribution in [-0.2, 0) is 23.0 Å². The number of aryl methyl sites for hydroxylation is 1. The molecule has 23 heavy (non-hydrogen) atoms. The number of likely N-dealkylation sites (N-methyl/N-ethyl adjacent to an activating group) is 1. The van der Waals surface area contributed by atoms with Gasteiger partial charge in [0.25, 0.3) is 0 Å². The summed E-state index contributed by atoms with van der Waals surface area (Å²) in [7, 11) is 5.85. The van der Waals surface area contributed by atoms with Gasteiger partial charge >= 0.3 is 0 Å². The summed E-state index contributed by atoms with van der Waals surface area (Å²) in [5, 5.41) is 4.31. The number of hydrogen-bond donors (Lipinski definition) is 0. The van der Waals surface area contributed by atoms with E-state index >= 15 is 0 Å². The second-order valence-corrected chi connectivity index (χ2v) is 7.27. The molecule has 1 spiro atoms. The number of aromatic nitrogens is 2. The Labute approximate surface area is 138 Å². The van der Waals surface area contributed by atoms with E-state index in [0.717, 1.165) is 44.8 Å². The summed E-state index contributed by atoms with van der Waals surface area (Å²) in [6.07, 6.45) is 5.70. The Hall–Kier alpha value is -1.40. The lowest BCUT2D eigenvalue weighted by atomic mass is 9.76. The summed E-state index contributed by atoms with van der Waals surface area (Å²) in [5.74, 6) is 0.207. The largest absolute Gasteiger partial charge is 0.383 e. The van der Waals surface area contributed by atoms with Gasteiger partial charge in [-0.15, -0.1) is 0 Å². The molecule has 1 atom stereocenters. The van der Waals surface area contributed by atoms with Crippen LogP contribution in [0.1, 0.15) is 25.0 Å². The van der Waals surface area contributed by atoms with Crippen molar-refractivity contribution in [1.29, 1.82) is 0 Å². The van der Waals surface area contributed by atoms with Crippen LogP contribution in [0.25, 0.3) is 0 Å². The van der Waals surface area contributed by atoms with Gasteiger partial charge in [-0.3, -0.25) is 9.48 Å². The Morgan fingerprint density at radius 1 is 1.39 bits per heavy atom. The van der Waals surface area contributed by atoms with E-state index in [4.69, 9.17) is 4.74 Å². The van der Waals surface area contributed by atoms with E-state index in [9.17, 15) is 4.79 Å². The Kier molecular flexibility index (Phi) is 4.73. The van der Waals surface area contributed by atoms with E-state index in [1.165, 1.54) is 6.42 Å². The molecule has 6 heteroatoms. The lowest BCUT2D eigenvalue weighted by molar-refractivity contribution is -0.132. The zero-order chi connectivity index (χ0) is 16.4. The number of rotatable bonds is 4. The van der Waals surface area contributed by atoms with E-state index in [-0.39, 0.29) is 5.91 Å². The van der Waals surface area contributed by atoms with Crippen molar-refractivity contribution < 1.29 is 9.53 Å². The van der Waals surface area contributed by atoms with Gasteiger partial charge in [-0.25, -0.2) is 0 Å². The Bertz CT molecular complexity index is 549. The van der Waals surface area contributed by atoms with Gasteiger partial charge in [-0.05, 0) is 37.8 Å². The maximum atomic E-state index is 12.5. The summed E-state index contributed by atoms with van der Waals surface area (Å²) in [6.45, 7) is 3.68. The minimum absolute atomic E-state index is 0.207. The van der Waals surface area contributed by atoms with Crippen LogP contribution in [0.3, 0.4) is 0 Å². The summed E-state index contributed by atoms with van der Waals surface area (Å²) < 4.78 is 7.09. The van der Waals surface area contributed by atoms with Gasteiger partial charge in [0.2, 0.25) is 5.91 Å². The maximum Gasteiger partial charge on any atom is 0.228 e. The molecule has 6 nitrogen and oxygen atoms in total. The highest BCUT2D eigenvalue weighted by Crippen LogP contribution is 2.42. The van der Waals surface area contributed by atoms with Gasteiger partial charge in [-0.2, -0.15) is 5.10 Å². The highest BCUT2D eigenvalue weighted by molar-refractivity contribution is 5.78. The molecule has 2 saturated heterocycles. The molecule has 1 aromatic rings. The zero-order valence-electron chi connectivity index (χ0n) is 14.5. The minimum Gasteiger partial charge on any atom is -0.383 e. The third-order valence-corrected chi connectivity index (χ3v) is 5.51. The van der Waals surface area contributed by atoms with Crippen molar-refractivity contribution in [2.24, 2.45) is 12.5 Å². The number of likely N-dealkylation sites (tertiary alicyclic amines) is 2. The first kappa shape index (κ1) is 16.5. The van der Waals surface area contributed by atoms with Crippen LogP contribution >= 0.6 is 0 Å². The molecule has 0 aromatic carbocycles. The summed E-state index contributed by atoms with van der Waals surface area (Å²) in [4.78, 5) is 16.9. The fourth-order valence-corrected chi connectivity index (χ4v) is 4.17. The minimum atomic E-state index is 0.207. The quantitative estimate of drug-likeness (QED) is 0.828. The van der Waals surface area contributed by atoms with Crippen molar-refractivity contribution in [2.75, 3.05) is 40.4 Å². The molecule has 0 unspecified atom stereocenters. The smallest absolute Gasteiger partial charge is 0.228 e. The third-order valence-electron chi connectivity index (χ3n) is 5.51. The average molecular weight is 320 g/mol. The van der Waals surface area contributed by atoms with Crippen LogP contribution in [0.2, 0.25) is 0 Å². The van der Waals surface area contributed by atoms with Crippen LogP contribution < -0.4 is 0 Å². The average Bonchev–Trinajstić information content (AvgIpc) is 3.04. The van der Waals surface area contributed by atoms with E-state index in [1.54, 1.807) is 11.8 Å². The predicted octanol–water partition coefficient (Wildman–Crippen LogP) is 0.922. The van der Waals surface area contributed by atoms with Gasteiger partial charge in [0.15, 0.2) is 0 Å².